The van der Waals surface area contributed by atoms with E-state index in [0.717, 1.165) is 69.5 Å². The van der Waals surface area contributed by atoms with Crippen molar-refractivity contribution in [3.63, 3.8) is 0 Å². The van der Waals surface area contributed by atoms with Crippen LogP contribution in [0.25, 0.3) is 0 Å². The zero-order valence-corrected chi connectivity index (χ0v) is 22.0. The Hall–Kier alpha value is -1.94. The van der Waals surface area contributed by atoms with Crippen molar-refractivity contribution in [2.24, 2.45) is 5.92 Å². The standard InChI is InChI=1S/C31H44F2O2/c1-4-6-8-17-34-18-9-19-35-28-15-13-24(14-16-28)25-11-12-26-21-27(20-23(3)10-7-5-2)30(32)31(33)29(26)22-25/h13-16,21,23,25H,4-12,17-20,22H2,1-3H3. The smallest absolute Gasteiger partial charge is 0.162 e. The third-order valence-corrected chi connectivity index (χ3v) is 7.25. The molecule has 0 fully saturated rings. The van der Waals surface area contributed by atoms with E-state index in [1.165, 1.54) is 18.4 Å². The molecule has 0 heterocycles. The van der Waals surface area contributed by atoms with Crippen LogP contribution < -0.4 is 4.74 Å². The summed E-state index contributed by atoms with van der Waals surface area (Å²) < 4.78 is 41.5. The number of rotatable bonds is 15. The first-order valence-electron chi connectivity index (χ1n) is 13.8. The first kappa shape index (κ1) is 27.6. The Balaban J connectivity index is 1.52. The van der Waals surface area contributed by atoms with Crippen molar-refractivity contribution in [3.8, 4) is 5.75 Å². The quantitative estimate of drug-likeness (QED) is 0.235. The van der Waals surface area contributed by atoms with Gasteiger partial charge in [0.15, 0.2) is 11.6 Å². The predicted octanol–water partition coefficient (Wildman–Crippen LogP) is 8.58. The molecule has 0 amide bonds. The molecule has 1 aliphatic rings. The number of benzene rings is 2. The molecule has 35 heavy (non-hydrogen) atoms. The lowest BCUT2D eigenvalue weighted by molar-refractivity contribution is 0.116. The van der Waals surface area contributed by atoms with Crippen molar-refractivity contribution in [2.45, 2.75) is 97.3 Å². The van der Waals surface area contributed by atoms with Crippen molar-refractivity contribution in [2.75, 3.05) is 19.8 Å². The van der Waals surface area contributed by atoms with Crippen molar-refractivity contribution in [1.82, 2.24) is 0 Å². The zero-order chi connectivity index (χ0) is 25.0. The minimum atomic E-state index is -0.633. The number of halogens is 2. The number of unbranched alkanes of at least 4 members (excludes halogenated alkanes) is 3. The molecule has 2 aromatic rings. The fourth-order valence-corrected chi connectivity index (χ4v) is 5.10. The number of aryl methyl sites for hydroxylation is 1. The maximum absolute atomic E-state index is 15.1. The number of ether oxygens (including phenoxy) is 2. The third-order valence-electron chi connectivity index (χ3n) is 7.25. The minimum absolute atomic E-state index is 0.205. The lowest BCUT2D eigenvalue weighted by Gasteiger charge is -2.27. The number of hydrogen-bond acceptors (Lipinski definition) is 2. The van der Waals surface area contributed by atoms with Crippen molar-refractivity contribution < 1.29 is 18.3 Å². The number of fused-ring (bicyclic) bond motifs is 1. The van der Waals surface area contributed by atoms with E-state index in [1.54, 1.807) is 0 Å². The summed E-state index contributed by atoms with van der Waals surface area (Å²) in [6.07, 6.45) is 10.7. The van der Waals surface area contributed by atoms with Crippen molar-refractivity contribution >= 4 is 0 Å². The SMILES string of the molecule is CCCCCOCCCOc1ccc(C2CCc3cc(CC(C)CCCC)c(F)c(F)c3C2)cc1. The van der Waals surface area contributed by atoms with Gasteiger partial charge in [-0.15, -0.1) is 0 Å². The van der Waals surface area contributed by atoms with Gasteiger partial charge in [-0.05, 0) is 78.3 Å². The van der Waals surface area contributed by atoms with Gasteiger partial charge < -0.3 is 9.47 Å². The highest BCUT2D eigenvalue weighted by Gasteiger charge is 2.26. The van der Waals surface area contributed by atoms with E-state index >= 15 is 4.39 Å². The van der Waals surface area contributed by atoms with E-state index < -0.39 is 11.6 Å². The Morgan fingerprint density at radius 2 is 1.66 bits per heavy atom. The Kier molecular flexibility index (Phi) is 11.5. The van der Waals surface area contributed by atoms with Crippen molar-refractivity contribution in [1.29, 1.82) is 0 Å². The summed E-state index contributed by atoms with van der Waals surface area (Å²) >= 11 is 0. The van der Waals surface area contributed by atoms with Crippen LogP contribution in [0.1, 0.15) is 100 Å². The molecular weight excluding hydrogens is 442 g/mol. The molecule has 0 N–H and O–H groups in total. The van der Waals surface area contributed by atoms with Gasteiger partial charge in [0.05, 0.1) is 6.61 Å². The van der Waals surface area contributed by atoms with Crippen LogP contribution in [-0.2, 0) is 24.0 Å². The van der Waals surface area contributed by atoms with Gasteiger partial charge in [-0.1, -0.05) is 71.1 Å². The highest BCUT2D eigenvalue weighted by atomic mass is 19.2. The van der Waals surface area contributed by atoms with E-state index in [-0.39, 0.29) is 5.92 Å². The molecule has 0 saturated heterocycles. The summed E-state index contributed by atoms with van der Waals surface area (Å²) in [7, 11) is 0. The van der Waals surface area contributed by atoms with Gasteiger partial charge in [0.1, 0.15) is 5.75 Å². The van der Waals surface area contributed by atoms with Gasteiger partial charge in [-0.25, -0.2) is 8.78 Å². The summed E-state index contributed by atoms with van der Waals surface area (Å²) in [6, 6.07) is 10.1. The highest BCUT2D eigenvalue weighted by Crippen LogP contribution is 2.36. The fraction of sp³-hybridized carbons (Fsp3) is 0.613. The zero-order valence-electron chi connectivity index (χ0n) is 22.0. The summed E-state index contributed by atoms with van der Waals surface area (Å²) in [5, 5.41) is 0. The predicted molar refractivity (Wildman–Crippen MR) is 140 cm³/mol. The molecule has 0 radical (unpaired) electrons. The minimum Gasteiger partial charge on any atom is -0.494 e. The molecule has 4 heteroatoms. The molecule has 1 aliphatic carbocycles. The molecule has 0 aliphatic heterocycles. The normalized spacial score (nSPS) is 16.2. The van der Waals surface area contributed by atoms with E-state index in [0.29, 0.717) is 36.5 Å². The second-order valence-electron chi connectivity index (χ2n) is 10.3. The molecule has 0 spiro atoms. The molecule has 0 bridgehead atoms. The topological polar surface area (TPSA) is 18.5 Å². The van der Waals surface area contributed by atoms with Crippen LogP contribution in [0.2, 0.25) is 0 Å². The Labute approximate surface area is 211 Å². The molecule has 2 nitrogen and oxygen atoms in total. The molecule has 2 aromatic carbocycles. The Morgan fingerprint density at radius 1 is 0.914 bits per heavy atom. The van der Waals surface area contributed by atoms with E-state index in [9.17, 15) is 4.39 Å². The van der Waals surface area contributed by atoms with Crippen LogP contribution in [0.4, 0.5) is 8.78 Å². The molecule has 3 rings (SSSR count). The van der Waals surface area contributed by atoms with E-state index in [2.05, 4.69) is 32.9 Å². The summed E-state index contributed by atoms with van der Waals surface area (Å²) in [6.45, 7) is 8.68. The summed E-state index contributed by atoms with van der Waals surface area (Å²) in [5.41, 5.74) is 3.29. The van der Waals surface area contributed by atoms with Gasteiger partial charge in [-0.3, -0.25) is 0 Å². The van der Waals surface area contributed by atoms with Gasteiger partial charge in [-0.2, -0.15) is 0 Å². The first-order chi connectivity index (χ1) is 17.0. The average molecular weight is 487 g/mol. The molecule has 0 saturated carbocycles. The van der Waals surface area contributed by atoms with Crippen LogP contribution in [0, 0.1) is 17.6 Å². The van der Waals surface area contributed by atoms with Crippen LogP contribution in [0.15, 0.2) is 30.3 Å². The molecule has 0 aromatic heterocycles. The fourth-order valence-electron chi connectivity index (χ4n) is 5.10. The Morgan fingerprint density at radius 3 is 2.40 bits per heavy atom. The maximum atomic E-state index is 15.1. The first-order valence-corrected chi connectivity index (χ1v) is 13.8. The van der Waals surface area contributed by atoms with Crippen LogP contribution in [0.5, 0.6) is 5.75 Å². The average Bonchev–Trinajstić information content (AvgIpc) is 2.87. The van der Waals surface area contributed by atoms with E-state index in [4.69, 9.17) is 9.47 Å². The third kappa shape index (κ3) is 8.31. The Bertz CT molecular complexity index is 894. The van der Waals surface area contributed by atoms with Crippen LogP contribution >= 0.6 is 0 Å². The lowest BCUT2D eigenvalue weighted by atomic mass is 9.78. The monoisotopic (exact) mass is 486 g/mol. The number of hydrogen-bond donors (Lipinski definition) is 0. The van der Waals surface area contributed by atoms with Gasteiger partial charge in [0.25, 0.3) is 0 Å². The van der Waals surface area contributed by atoms with E-state index in [1.807, 2.05) is 18.2 Å². The summed E-state index contributed by atoms with van der Waals surface area (Å²) in [4.78, 5) is 0. The second-order valence-corrected chi connectivity index (χ2v) is 10.3. The molecule has 2 unspecified atom stereocenters. The van der Waals surface area contributed by atoms with Gasteiger partial charge in [0.2, 0.25) is 0 Å². The largest absolute Gasteiger partial charge is 0.494 e. The summed E-state index contributed by atoms with van der Waals surface area (Å²) in [5.74, 6) is 0.163. The van der Waals surface area contributed by atoms with Crippen molar-refractivity contribution in [3.05, 3.63) is 64.2 Å². The molecular formula is C31H44F2O2. The lowest BCUT2D eigenvalue weighted by Crippen LogP contribution is -2.17. The van der Waals surface area contributed by atoms with Crippen LogP contribution in [0.3, 0.4) is 0 Å². The second kappa shape index (κ2) is 14.6. The molecule has 194 valence electrons. The van der Waals surface area contributed by atoms with Gasteiger partial charge >= 0.3 is 0 Å². The highest BCUT2D eigenvalue weighted by molar-refractivity contribution is 5.40. The van der Waals surface area contributed by atoms with Crippen LogP contribution in [-0.4, -0.2) is 19.8 Å². The molecule has 2 atom stereocenters. The van der Waals surface area contributed by atoms with Gasteiger partial charge in [0, 0.05) is 19.6 Å². The maximum Gasteiger partial charge on any atom is 0.162 e.